The van der Waals surface area contributed by atoms with Crippen molar-refractivity contribution < 1.29 is 4.79 Å². The number of carbonyl (C=O) groups excluding carboxylic acids is 1. The molecule has 0 bridgehead atoms. The Hall–Kier alpha value is -2.93. The highest BCUT2D eigenvalue weighted by Gasteiger charge is 2.28. The maximum Gasteiger partial charge on any atom is 0.243 e. The molecule has 1 aliphatic carbocycles. The number of anilines is 2. The second-order valence-electron chi connectivity index (χ2n) is 6.57. The summed E-state index contributed by atoms with van der Waals surface area (Å²) in [4.78, 5) is 12.3. The Morgan fingerprint density at radius 1 is 1.26 bits per heavy atom. The van der Waals surface area contributed by atoms with Crippen molar-refractivity contribution in [3.05, 3.63) is 53.1 Å². The summed E-state index contributed by atoms with van der Waals surface area (Å²) in [6.45, 7) is 2.02. The summed E-state index contributed by atoms with van der Waals surface area (Å²) in [6, 6.07) is 13.6. The van der Waals surface area contributed by atoms with E-state index in [9.17, 15) is 4.79 Å². The average molecular weight is 383 g/mol. The van der Waals surface area contributed by atoms with Crippen molar-refractivity contribution in [2.45, 2.75) is 25.8 Å². The van der Waals surface area contributed by atoms with Crippen LogP contribution in [0.3, 0.4) is 0 Å². The molecule has 1 amide bonds. The second-order valence-corrected chi connectivity index (χ2v) is 6.98. The van der Waals surface area contributed by atoms with Gasteiger partial charge in [0.05, 0.1) is 12.6 Å². The van der Waals surface area contributed by atoms with Gasteiger partial charge in [-0.1, -0.05) is 29.8 Å². The summed E-state index contributed by atoms with van der Waals surface area (Å²) in [5.74, 6) is 0.605. The van der Waals surface area contributed by atoms with Crippen LogP contribution in [0.5, 0.6) is 0 Å². The largest absolute Gasteiger partial charge is 0.376 e. The molecule has 2 aromatic carbocycles. The van der Waals surface area contributed by atoms with Gasteiger partial charge in [0.25, 0.3) is 0 Å². The first-order chi connectivity index (χ1) is 13.1. The number of tetrazole rings is 1. The Bertz CT molecular complexity index is 982. The summed E-state index contributed by atoms with van der Waals surface area (Å²) in [7, 11) is 0. The number of nitrogens with one attached hydrogen (secondary N) is 2. The molecule has 0 saturated heterocycles. The molecule has 1 heterocycles. The number of aromatic nitrogens is 4. The van der Waals surface area contributed by atoms with Crippen molar-refractivity contribution in [1.82, 2.24) is 20.2 Å². The summed E-state index contributed by atoms with van der Waals surface area (Å²) >= 11 is 6.09. The van der Waals surface area contributed by atoms with Crippen LogP contribution in [0.15, 0.2) is 42.5 Å². The minimum atomic E-state index is -0.145. The zero-order chi connectivity index (χ0) is 18.8. The van der Waals surface area contributed by atoms with Crippen LogP contribution in [0.4, 0.5) is 11.4 Å². The van der Waals surface area contributed by atoms with E-state index in [-0.39, 0.29) is 12.5 Å². The molecule has 1 aromatic heterocycles. The van der Waals surface area contributed by atoms with Gasteiger partial charge in [0, 0.05) is 22.0 Å². The monoisotopic (exact) mass is 382 g/mol. The van der Waals surface area contributed by atoms with Gasteiger partial charge in [-0.3, -0.25) is 4.79 Å². The number of hydrogen-bond acceptors (Lipinski definition) is 5. The summed E-state index contributed by atoms with van der Waals surface area (Å²) in [6.07, 6.45) is 2.22. The molecule has 1 saturated carbocycles. The first-order valence-electron chi connectivity index (χ1n) is 8.79. The minimum absolute atomic E-state index is 0.142. The molecule has 27 heavy (non-hydrogen) atoms. The highest BCUT2D eigenvalue weighted by atomic mass is 35.5. The van der Waals surface area contributed by atoms with E-state index in [4.69, 9.17) is 11.6 Å². The SMILES string of the molecule is Cc1c(Cl)cccc1NC(=O)CNc1cccc(-c2nnnn2C2CC2)c1. The van der Waals surface area contributed by atoms with E-state index in [1.807, 2.05) is 48.0 Å². The molecule has 0 aliphatic heterocycles. The van der Waals surface area contributed by atoms with Crippen LogP contribution in [0, 0.1) is 6.92 Å². The molecule has 3 aromatic rings. The molecule has 4 rings (SSSR count). The third-order valence-corrected chi connectivity index (χ3v) is 4.91. The average Bonchev–Trinajstić information content (AvgIpc) is 3.40. The van der Waals surface area contributed by atoms with E-state index >= 15 is 0 Å². The van der Waals surface area contributed by atoms with E-state index in [2.05, 4.69) is 26.2 Å². The quantitative estimate of drug-likeness (QED) is 0.679. The Labute approximate surface area is 161 Å². The predicted octanol–water partition coefficient (Wildman–Crippen LogP) is 3.69. The lowest BCUT2D eigenvalue weighted by atomic mass is 10.2. The zero-order valence-electron chi connectivity index (χ0n) is 14.8. The number of hydrogen-bond donors (Lipinski definition) is 2. The summed E-state index contributed by atoms with van der Waals surface area (Å²) < 4.78 is 1.87. The number of carbonyl (C=O) groups is 1. The van der Waals surface area contributed by atoms with Crippen LogP contribution in [0.25, 0.3) is 11.4 Å². The van der Waals surface area contributed by atoms with Gasteiger partial charge < -0.3 is 10.6 Å². The van der Waals surface area contributed by atoms with E-state index in [1.165, 1.54) is 0 Å². The number of halogens is 1. The maximum absolute atomic E-state index is 12.3. The maximum atomic E-state index is 12.3. The third-order valence-electron chi connectivity index (χ3n) is 4.50. The van der Waals surface area contributed by atoms with Gasteiger partial charge in [0.15, 0.2) is 5.82 Å². The Morgan fingerprint density at radius 2 is 2.07 bits per heavy atom. The van der Waals surface area contributed by atoms with Crippen LogP contribution in [-0.2, 0) is 4.79 Å². The topological polar surface area (TPSA) is 84.7 Å². The van der Waals surface area contributed by atoms with Crippen molar-refractivity contribution in [3.8, 4) is 11.4 Å². The Kier molecular flexibility index (Phi) is 4.77. The molecular formula is C19H19ClN6O. The second kappa shape index (κ2) is 7.36. The van der Waals surface area contributed by atoms with Gasteiger partial charge in [-0.15, -0.1) is 5.10 Å². The lowest BCUT2D eigenvalue weighted by Crippen LogP contribution is -2.22. The normalized spacial score (nSPS) is 13.4. The fourth-order valence-corrected chi connectivity index (χ4v) is 3.01. The van der Waals surface area contributed by atoms with Crippen LogP contribution in [0.1, 0.15) is 24.4 Å². The van der Waals surface area contributed by atoms with Gasteiger partial charge in [0.2, 0.25) is 5.91 Å². The Balaban J connectivity index is 1.42. The molecule has 7 nitrogen and oxygen atoms in total. The zero-order valence-corrected chi connectivity index (χ0v) is 15.6. The van der Waals surface area contributed by atoms with E-state index in [0.717, 1.165) is 35.5 Å². The van der Waals surface area contributed by atoms with Crippen molar-refractivity contribution in [1.29, 1.82) is 0 Å². The molecular weight excluding hydrogens is 364 g/mol. The smallest absolute Gasteiger partial charge is 0.243 e. The molecule has 0 spiro atoms. The number of nitrogens with zero attached hydrogens (tertiary/aromatic N) is 4. The summed E-state index contributed by atoms with van der Waals surface area (Å²) in [5, 5.41) is 18.7. The molecule has 0 unspecified atom stereocenters. The van der Waals surface area contributed by atoms with Gasteiger partial charge in [-0.2, -0.15) is 0 Å². The highest BCUT2D eigenvalue weighted by molar-refractivity contribution is 6.31. The van der Waals surface area contributed by atoms with E-state index < -0.39 is 0 Å². The molecule has 1 aliphatic rings. The predicted molar refractivity (Wildman–Crippen MR) is 105 cm³/mol. The number of rotatable bonds is 6. The van der Waals surface area contributed by atoms with Crippen molar-refractivity contribution in [2.24, 2.45) is 0 Å². The van der Waals surface area contributed by atoms with E-state index in [0.29, 0.717) is 16.8 Å². The lowest BCUT2D eigenvalue weighted by Gasteiger charge is -2.11. The third kappa shape index (κ3) is 3.93. The molecule has 138 valence electrons. The number of benzene rings is 2. The number of amides is 1. The van der Waals surface area contributed by atoms with Gasteiger partial charge in [-0.05, 0) is 60.0 Å². The lowest BCUT2D eigenvalue weighted by molar-refractivity contribution is -0.114. The molecule has 2 N–H and O–H groups in total. The fraction of sp³-hybridized carbons (Fsp3) is 0.263. The first-order valence-corrected chi connectivity index (χ1v) is 9.17. The van der Waals surface area contributed by atoms with Crippen molar-refractivity contribution in [2.75, 3.05) is 17.2 Å². The van der Waals surface area contributed by atoms with Crippen molar-refractivity contribution >= 4 is 28.9 Å². The van der Waals surface area contributed by atoms with Gasteiger partial charge in [-0.25, -0.2) is 4.68 Å². The Morgan fingerprint density at radius 3 is 2.89 bits per heavy atom. The molecule has 0 radical (unpaired) electrons. The van der Waals surface area contributed by atoms with Crippen LogP contribution >= 0.6 is 11.6 Å². The van der Waals surface area contributed by atoms with Gasteiger partial charge in [0.1, 0.15) is 0 Å². The molecule has 1 fully saturated rings. The van der Waals surface area contributed by atoms with Crippen LogP contribution < -0.4 is 10.6 Å². The van der Waals surface area contributed by atoms with Crippen LogP contribution in [-0.4, -0.2) is 32.7 Å². The standard InChI is InChI=1S/C19H19ClN6O/c1-12-16(20)6-3-7-17(12)22-18(27)11-21-14-5-2-4-13(10-14)19-23-24-25-26(19)15-8-9-15/h2-7,10,15,21H,8-9,11H2,1H3,(H,22,27). The van der Waals surface area contributed by atoms with Crippen LogP contribution in [0.2, 0.25) is 5.02 Å². The molecule has 0 atom stereocenters. The van der Waals surface area contributed by atoms with Crippen molar-refractivity contribution in [3.63, 3.8) is 0 Å². The fourth-order valence-electron chi connectivity index (χ4n) is 2.84. The summed E-state index contributed by atoms with van der Waals surface area (Å²) in [5.41, 5.74) is 3.31. The van der Waals surface area contributed by atoms with E-state index in [1.54, 1.807) is 6.07 Å². The minimum Gasteiger partial charge on any atom is -0.376 e. The molecule has 8 heteroatoms. The first kappa shape index (κ1) is 17.5. The highest BCUT2D eigenvalue weighted by Crippen LogP contribution is 2.36. The van der Waals surface area contributed by atoms with Gasteiger partial charge >= 0.3 is 0 Å².